The van der Waals surface area contributed by atoms with E-state index in [1.807, 2.05) is 0 Å². The Morgan fingerprint density at radius 1 is 1.29 bits per heavy atom. The highest BCUT2D eigenvalue weighted by atomic mass is 16.5. The summed E-state index contributed by atoms with van der Waals surface area (Å²) >= 11 is 0. The molecule has 1 aliphatic rings. The van der Waals surface area contributed by atoms with Gasteiger partial charge in [0.15, 0.2) is 0 Å². The third-order valence-corrected chi connectivity index (χ3v) is 3.60. The molecule has 2 rings (SSSR count). The smallest absolute Gasteiger partial charge is 0.0511 e. The topological polar surface area (TPSA) is 12.5 Å². The molecule has 17 heavy (non-hydrogen) atoms. The third-order valence-electron chi connectivity index (χ3n) is 3.60. The SMILES string of the molecule is CCOCC1CCN(c2c(C)cccc2C)C1. The number of anilines is 1. The van der Waals surface area contributed by atoms with E-state index in [2.05, 4.69) is 43.9 Å². The first-order chi connectivity index (χ1) is 8.22. The largest absolute Gasteiger partial charge is 0.381 e. The summed E-state index contributed by atoms with van der Waals surface area (Å²) in [7, 11) is 0. The summed E-state index contributed by atoms with van der Waals surface area (Å²) in [5, 5.41) is 0. The van der Waals surface area contributed by atoms with Crippen molar-refractivity contribution in [3.63, 3.8) is 0 Å². The highest BCUT2D eigenvalue weighted by molar-refractivity contribution is 5.59. The van der Waals surface area contributed by atoms with Crippen LogP contribution in [0.2, 0.25) is 0 Å². The first kappa shape index (κ1) is 12.4. The molecule has 1 fully saturated rings. The van der Waals surface area contributed by atoms with Crippen molar-refractivity contribution >= 4 is 5.69 Å². The molecular weight excluding hydrogens is 210 g/mol. The van der Waals surface area contributed by atoms with E-state index in [4.69, 9.17) is 4.74 Å². The maximum absolute atomic E-state index is 5.54. The predicted octanol–water partition coefficient (Wildman–Crippen LogP) is 3.17. The number of hydrogen-bond donors (Lipinski definition) is 0. The van der Waals surface area contributed by atoms with E-state index >= 15 is 0 Å². The molecule has 0 saturated carbocycles. The van der Waals surface area contributed by atoms with E-state index in [1.54, 1.807) is 0 Å². The third kappa shape index (κ3) is 2.81. The number of nitrogens with zero attached hydrogens (tertiary/aromatic N) is 1. The highest BCUT2D eigenvalue weighted by Gasteiger charge is 2.24. The maximum atomic E-state index is 5.54. The van der Waals surface area contributed by atoms with Gasteiger partial charge in [-0.2, -0.15) is 0 Å². The van der Waals surface area contributed by atoms with Crippen LogP contribution in [0, 0.1) is 19.8 Å². The van der Waals surface area contributed by atoms with Crippen molar-refractivity contribution in [3.05, 3.63) is 29.3 Å². The molecule has 1 atom stereocenters. The molecule has 0 bridgehead atoms. The number of rotatable bonds is 4. The van der Waals surface area contributed by atoms with Crippen molar-refractivity contribution in [3.8, 4) is 0 Å². The fraction of sp³-hybridized carbons (Fsp3) is 0.600. The van der Waals surface area contributed by atoms with Crippen LogP contribution in [0.15, 0.2) is 18.2 Å². The normalized spacial score (nSPS) is 19.9. The lowest BCUT2D eigenvalue weighted by atomic mass is 10.1. The van der Waals surface area contributed by atoms with Crippen LogP contribution in [0.3, 0.4) is 0 Å². The zero-order chi connectivity index (χ0) is 12.3. The second-order valence-corrected chi connectivity index (χ2v) is 5.00. The zero-order valence-electron chi connectivity index (χ0n) is 11.2. The van der Waals surface area contributed by atoms with Crippen LogP contribution in [0.4, 0.5) is 5.69 Å². The Labute approximate surface area is 105 Å². The van der Waals surface area contributed by atoms with E-state index in [0.29, 0.717) is 5.92 Å². The molecule has 2 heteroatoms. The van der Waals surface area contributed by atoms with Crippen molar-refractivity contribution in [2.75, 3.05) is 31.2 Å². The molecule has 0 aliphatic carbocycles. The minimum Gasteiger partial charge on any atom is -0.381 e. The molecule has 1 saturated heterocycles. The second-order valence-electron chi connectivity index (χ2n) is 5.00. The summed E-state index contributed by atoms with van der Waals surface area (Å²) in [4.78, 5) is 2.52. The van der Waals surface area contributed by atoms with Crippen LogP contribution < -0.4 is 4.90 Å². The van der Waals surface area contributed by atoms with Crippen molar-refractivity contribution in [1.82, 2.24) is 0 Å². The van der Waals surface area contributed by atoms with Crippen molar-refractivity contribution < 1.29 is 4.74 Å². The number of aryl methyl sites for hydroxylation is 2. The van der Waals surface area contributed by atoms with Gasteiger partial charge in [-0.3, -0.25) is 0 Å². The Bertz CT molecular complexity index is 355. The zero-order valence-corrected chi connectivity index (χ0v) is 11.2. The molecular formula is C15H23NO. The van der Waals surface area contributed by atoms with Crippen molar-refractivity contribution in [1.29, 1.82) is 0 Å². The van der Waals surface area contributed by atoms with Gasteiger partial charge in [-0.15, -0.1) is 0 Å². The predicted molar refractivity (Wildman–Crippen MR) is 72.7 cm³/mol. The summed E-state index contributed by atoms with van der Waals surface area (Å²) in [6.45, 7) is 10.5. The van der Waals surface area contributed by atoms with Crippen LogP contribution in [0.1, 0.15) is 24.5 Å². The molecule has 1 unspecified atom stereocenters. The summed E-state index contributed by atoms with van der Waals surface area (Å²) < 4.78 is 5.54. The Balaban J connectivity index is 2.05. The summed E-state index contributed by atoms with van der Waals surface area (Å²) in [5.74, 6) is 0.703. The van der Waals surface area contributed by atoms with Gasteiger partial charge >= 0.3 is 0 Å². The lowest BCUT2D eigenvalue weighted by Gasteiger charge is -2.23. The van der Waals surface area contributed by atoms with Crippen LogP contribution in [0.5, 0.6) is 0 Å². The average molecular weight is 233 g/mol. The van der Waals surface area contributed by atoms with Crippen LogP contribution in [0.25, 0.3) is 0 Å². The van der Waals surface area contributed by atoms with Crippen LogP contribution >= 0.6 is 0 Å². The van der Waals surface area contributed by atoms with Crippen molar-refractivity contribution in [2.24, 2.45) is 5.92 Å². The molecule has 0 N–H and O–H groups in total. The highest BCUT2D eigenvalue weighted by Crippen LogP contribution is 2.29. The van der Waals surface area contributed by atoms with Crippen molar-refractivity contribution in [2.45, 2.75) is 27.2 Å². The standard InChI is InChI=1S/C15H23NO/c1-4-17-11-14-8-9-16(10-14)15-12(2)6-5-7-13(15)3/h5-7,14H,4,8-11H2,1-3H3. The van der Waals surface area contributed by atoms with Gasteiger partial charge in [0.25, 0.3) is 0 Å². The average Bonchev–Trinajstić information content (AvgIpc) is 2.75. The first-order valence-corrected chi connectivity index (χ1v) is 6.61. The quantitative estimate of drug-likeness (QED) is 0.792. The van der Waals surface area contributed by atoms with E-state index in [1.165, 1.54) is 29.8 Å². The minimum atomic E-state index is 0.703. The summed E-state index contributed by atoms with van der Waals surface area (Å²) in [6.07, 6.45) is 1.26. The van der Waals surface area contributed by atoms with Gasteiger partial charge in [-0.1, -0.05) is 18.2 Å². The number of para-hydroxylation sites is 1. The lowest BCUT2D eigenvalue weighted by Crippen LogP contribution is -2.22. The first-order valence-electron chi connectivity index (χ1n) is 6.61. The monoisotopic (exact) mass is 233 g/mol. The van der Waals surface area contributed by atoms with E-state index in [0.717, 1.165) is 19.8 Å². The fourth-order valence-electron chi connectivity index (χ4n) is 2.76. The molecule has 1 aromatic carbocycles. The van der Waals surface area contributed by atoms with Gasteiger partial charge in [0.05, 0.1) is 6.61 Å². The van der Waals surface area contributed by atoms with Crippen LogP contribution in [-0.4, -0.2) is 26.3 Å². The van der Waals surface area contributed by atoms with Gasteiger partial charge in [-0.25, -0.2) is 0 Å². The lowest BCUT2D eigenvalue weighted by molar-refractivity contribution is 0.117. The molecule has 94 valence electrons. The molecule has 0 aromatic heterocycles. The summed E-state index contributed by atoms with van der Waals surface area (Å²) in [6, 6.07) is 6.55. The van der Waals surface area contributed by atoms with E-state index in [-0.39, 0.29) is 0 Å². The van der Waals surface area contributed by atoms with Crippen LogP contribution in [-0.2, 0) is 4.74 Å². The van der Waals surface area contributed by atoms with Gasteiger partial charge in [0.2, 0.25) is 0 Å². The Morgan fingerprint density at radius 3 is 2.65 bits per heavy atom. The summed E-state index contributed by atoms with van der Waals surface area (Å²) in [5.41, 5.74) is 4.22. The fourth-order valence-corrected chi connectivity index (χ4v) is 2.76. The molecule has 0 radical (unpaired) electrons. The van der Waals surface area contributed by atoms with E-state index < -0.39 is 0 Å². The van der Waals surface area contributed by atoms with Gasteiger partial charge in [0, 0.05) is 31.3 Å². The van der Waals surface area contributed by atoms with Gasteiger partial charge in [-0.05, 0) is 38.3 Å². The Hall–Kier alpha value is -1.02. The maximum Gasteiger partial charge on any atom is 0.0511 e. The molecule has 0 spiro atoms. The molecule has 1 heterocycles. The molecule has 1 aromatic rings. The van der Waals surface area contributed by atoms with Gasteiger partial charge < -0.3 is 9.64 Å². The molecule has 0 amide bonds. The van der Waals surface area contributed by atoms with E-state index in [9.17, 15) is 0 Å². The molecule has 2 nitrogen and oxygen atoms in total. The minimum absolute atomic E-state index is 0.703. The Kier molecular flexibility index (Phi) is 4.06. The number of hydrogen-bond acceptors (Lipinski definition) is 2. The number of ether oxygens (including phenoxy) is 1. The second kappa shape index (κ2) is 5.54. The Morgan fingerprint density at radius 2 is 2.00 bits per heavy atom. The number of benzene rings is 1. The van der Waals surface area contributed by atoms with Gasteiger partial charge in [0.1, 0.15) is 0 Å². The molecule has 1 aliphatic heterocycles.